The maximum absolute atomic E-state index is 13.2. The van der Waals surface area contributed by atoms with E-state index in [1.807, 2.05) is 26.8 Å². The van der Waals surface area contributed by atoms with Gasteiger partial charge in [0.05, 0.1) is 5.54 Å². The number of carbonyl (C=O) groups excluding carboxylic acids is 1. The van der Waals surface area contributed by atoms with Crippen molar-refractivity contribution in [1.82, 2.24) is 5.32 Å². The molecule has 25 heavy (non-hydrogen) atoms. The summed E-state index contributed by atoms with van der Waals surface area (Å²) in [6, 6.07) is 13.1. The van der Waals surface area contributed by atoms with Gasteiger partial charge in [-0.25, -0.2) is 4.39 Å². The Labute approximate surface area is 148 Å². The van der Waals surface area contributed by atoms with E-state index in [0.29, 0.717) is 17.9 Å². The van der Waals surface area contributed by atoms with Gasteiger partial charge < -0.3 is 15.8 Å². The molecule has 2 rings (SSSR count). The van der Waals surface area contributed by atoms with E-state index in [4.69, 9.17) is 10.5 Å². The molecule has 4 nitrogen and oxygen atoms in total. The Morgan fingerprint density at radius 1 is 1.24 bits per heavy atom. The first-order valence-corrected chi connectivity index (χ1v) is 8.34. The molecule has 3 N–H and O–H groups in total. The highest BCUT2D eigenvalue weighted by Gasteiger charge is 2.28. The number of nitrogens with two attached hydrogens (primary N) is 1. The molecule has 1 amide bonds. The lowest BCUT2D eigenvalue weighted by atomic mass is 9.88. The molecule has 1 unspecified atom stereocenters. The lowest BCUT2D eigenvalue weighted by Gasteiger charge is -2.33. The number of halogens is 1. The zero-order valence-corrected chi connectivity index (χ0v) is 14.9. The first-order chi connectivity index (χ1) is 11.8. The van der Waals surface area contributed by atoms with Gasteiger partial charge >= 0.3 is 0 Å². The van der Waals surface area contributed by atoms with Gasteiger partial charge in [-0.15, -0.1) is 0 Å². The van der Waals surface area contributed by atoms with Crippen LogP contribution in [0.25, 0.3) is 0 Å². The molecule has 0 saturated carbocycles. The summed E-state index contributed by atoms with van der Waals surface area (Å²) in [5.41, 5.74) is 6.73. The molecule has 0 aliphatic heterocycles. The van der Waals surface area contributed by atoms with Crippen molar-refractivity contribution >= 4 is 5.91 Å². The van der Waals surface area contributed by atoms with Gasteiger partial charge in [0.25, 0.3) is 5.91 Å². The quantitative estimate of drug-likeness (QED) is 0.808. The van der Waals surface area contributed by atoms with Crippen LogP contribution in [0.15, 0.2) is 48.5 Å². The monoisotopic (exact) mass is 344 g/mol. The maximum atomic E-state index is 13.2. The zero-order chi connectivity index (χ0) is 18.4. The van der Waals surface area contributed by atoms with E-state index >= 15 is 0 Å². The van der Waals surface area contributed by atoms with Gasteiger partial charge in [0.1, 0.15) is 18.2 Å². The van der Waals surface area contributed by atoms with E-state index in [1.54, 1.807) is 30.3 Å². The highest BCUT2D eigenvalue weighted by atomic mass is 19.1. The third-order valence-electron chi connectivity index (χ3n) is 4.49. The van der Waals surface area contributed by atoms with E-state index < -0.39 is 5.54 Å². The summed E-state index contributed by atoms with van der Waals surface area (Å²) >= 11 is 0. The molecule has 5 heteroatoms. The van der Waals surface area contributed by atoms with Crippen LogP contribution >= 0.6 is 0 Å². The lowest BCUT2D eigenvalue weighted by Crippen LogP contribution is -2.55. The van der Waals surface area contributed by atoms with Crippen molar-refractivity contribution in [3.63, 3.8) is 0 Å². The Balaban J connectivity index is 2.06. The van der Waals surface area contributed by atoms with Crippen LogP contribution in [0.3, 0.4) is 0 Å². The van der Waals surface area contributed by atoms with Crippen LogP contribution in [0, 0.1) is 11.7 Å². The highest BCUT2D eigenvalue weighted by molar-refractivity contribution is 5.94. The van der Waals surface area contributed by atoms with E-state index in [1.165, 1.54) is 12.1 Å². The molecule has 2 aromatic carbocycles. The number of hydrogen-bond donors (Lipinski definition) is 2. The smallest absolute Gasteiger partial charge is 0.251 e. The predicted octanol–water partition coefficient (Wildman–Crippen LogP) is 3.51. The average Bonchev–Trinajstić information content (AvgIpc) is 2.60. The molecule has 0 heterocycles. The molecule has 134 valence electrons. The second kappa shape index (κ2) is 8.12. The maximum Gasteiger partial charge on any atom is 0.251 e. The van der Waals surface area contributed by atoms with E-state index in [0.717, 1.165) is 5.56 Å². The largest absolute Gasteiger partial charge is 0.489 e. The summed E-state index contributed by atoms with van der Waals surface area (Å²) in [6.45, 7) is 6.60. The van der Waals surface area contributed by atoms with Crippen LogP contribution in [-0.4, -0.2) is 18.0 Å². The second-order valence-electron chi connectivity index (χ2n) is 6.68. The summed E-state index contributed by atoms with van der Waals surface area (Å²) in [7, 11) is 0. The molecule has 0 saturated heterocycles. The molecule has 1 atom stereocenters. The summed E-state index contributed by atoms with van der Waals surface area (Å²) in [6.07, 6.45) is 0. The SMILES string of the molecule is CC(C)C(C)(CN)NC(=O)c1cccc(COc2cccc(F)c2)c1. The molecule has 0 spiro atoms. The molecule has 0 fully saturated rings. The summed E-state index contributed by atoms with van der Waals surface area (Å²) < 4.78 is 18.8. The van der Waals surface area contributed by atoms with Crippen molar-refractivity contribution in [1.29, 1.82) is 0 Å². The third kappa shape index (κ3) is 5.03. The van der Waals surface area contributed by atoms with Gasteiger partial charge in [0.2, 0.25) is 0 Å². The van der Waals surface area contributed by atoms with Crippen LogP contribution in [0.2, 0.25) is 0 Å². The van der Waals surface area contributed by atoms with Gasteiger partial charge in [-0.3, -0.25) is 4.79 Å². The summed E-state index contributed by atoms with van der Waals surface area (Å²) in [5.74, 6) is 0.140. The number of rotatable bonds is 7. The molecular weight excluding hydrogens is 319 g/mol. The first-order valence-electron chi connectivity index (χ1n) is 8.34. The van der Waals surface area contributed by atoms with E-state index in [-0.39, 0.29) is 24.2 Å². The molecule has 0 aromatic heterocycles. The Kier molecular flexibility index (Phi) is 6.15. The molecule has 0 aliphatic rings. The number of benzene rings is 2. The van der Waals surface area contributed by atoms with Crippen LogP contribution in [-0.2, 0) is 6.61 Å². The second-order valence-corrected chi connectivity index (χ2v) is 6.68. The van der Waals surface area contributed by atoms with E-state index in [2.05, 4.69) is 5.32 Å². The van der Waals surface area contributed by atoms with Gasteiger partial charge in [0, 0.05) is 18.2 Å². The van der Waals surface area contributed by atoms with Crippen LogP contribution in [0.4, 0.5) is 4.39 Å². The fourth-order valence-corrected chi connectivity index (χ4v) is 2.29. The van der Waals surface area contributed by atoms with Gasteiger partial charge in [0.15, 0.2) is 0 Å². The molecule has 0 bridgehead atoms. The van der Waals surface area contributed by atoms with Crippen LogP contribution < -0.4 is 15.8 Å². The molecular formula is C20H25FN2O2. The summed E-state index contributed by atoms with van der Waals surface area (Å²) in [4.78, 5) is 12.5. The van der Waals surface area contributed by atoms with E-state index in [9.17, 15) is 9.18 Å². The topological polar surface area (TPSA) is 64.3 Å². The van der Waals surface area contributed by atoms with Crippen molar-refractivity contribution < 1.29 is 13.9 Å². The summed E-state index contributed by atoms with van der Waals surface area (Å²) in [5, 5.41) is 3.01. The Morgan fingerprint density at radius 2 is 1.96 bits per heavy atom. The molecule has 0 aliphatic carbocycles. The average molecular weight is 344 g/mol. The number of hydrogen-bond acceptors (Lipinski definition) is 3. The number of ether oxygens (including phenoxy) is 1. The standard InChI is InChI=1S/C20H25FN2O2/c1-14(2)20(3,13-22)23-19(24)16-7-4-6-15(10-16)12-25-18-9-5-8-17(21)11-18/h4-11,14H,12-13,22H2,1-3H3,(H,23,24). The Hall–Kier alpha value is -2.40. The zero-order valence-electron chi connectivity index (χ0n) is 14.9. The van der Waals surface area contributed by atoms with Gasteiger partial charge in [-0.1, -0.05) is 32.0 Å². The van der Waals surface area contributed by atoms with Crippen LogP contribution in [0.5, 0.6) is 5.75 Å². The predicted molar refractivity (Wildman–Crippen MR) is 96.9 cm³/mol. The van der Waals surface area contributed by atoms with Crippen molar-refractivity contribution in [2.45, 2.75) is 32.9 Å². The highest BCUT2D eigenvalue weighted by Crippen LogP contribution is 2.17. The lowest BCUT2D eigenvalue weighted by molar-refractivity contribution is 0.0883. The fourth-order valence-electron chi connectivity index (χ4n) is 2.29. The fraction of sp³-hybridized carbons (Fsp3) is 0.350. The minimum Gasteiger partial charge on any atom is -0.489 e. The minimum absolute atomic E-state index is 0.172. The normalized spacial score (nSPS) is 13.4. The first kappa shape index (κ1) is 18.9. The van der Waals surface area contributed by atoms with Gasteiger partial charge in [-0.05, 0) is 42.7 Å². The Bertz CT molecular complexity index is 733. The number of nitrogens with one attached hydrogen (secondary N) is 1. The third-order valence-corrected chi connectivity index (χ3v) is 4.49. The molecule has 0 radical (unpaired) electrons. The number of carbonyl (C=O) groups is 1. The van der Waals surface area contributed by atoms with Crippen molar-refractivity contribution in [2.75, 3.05) is 6.54 Å². The van der Waals surface area contributed by atoms with Crippen molar-refractivity contribution in [3.8, 4) is 5.75 Å². The number of amides is 1. The molecule has 2 aromatic rings. The van der Waals surface area contributed by atoms with Gasteiger partial charge in [-0.2, -0.15) is 0 Å². The van der Waals surface area contributed by atoms with Crippen LogP contribution in [0.1, 0.15) is 36.7 Å². The minimum atomic E-state index is -0.467. The Morgan fingerprint density at radius 3 is 2.60 bits per heavy atom. The van der Waals surface area contributed by atoms with Crippen molar-refractivity contribution in [3.05, 3.63) is 65.5 Å². The van der Waals surface area contributed by atoms with Crippen molar-refractivity contribution in [2.24, 2.45) is 11.7 Å².